The zero-order valence-corrected chi connectivity index (χ0v) is 16.6. The molecule has 3 aromatic rings. The van der Waals surface area contributed by atoms with Gasteiger partial charge in [0.2, 0.25) is 11.7 Å². The minimum absolute atomic E-state index is 0.523. The molecular formula is C23H27N3O2. The van der Waals surface area contributed by atoms with Gasteiger partial charge < -0.3 is 9.26 Å². The van der Waals surface area contributed by atoms with Crippen LogP contribution in [0.5, 0.6) is 5.75 Å². The van der Waals surface area contributed by atoms with Crippen molar-refractivity contribution in [3.8, 4) is 17.1 Å². The highest BCUT2D eigenvalue weighted by Gasteiger charge is 2.22. The maximum absolute atomic E-state index is 5.99. The average molecular weight is 377 g/mol. The summed E-state index contributed by atoms with van der Waals surface area (Å²) in [4.78, 5) is 6.97. The third kappa shape index (κ3) is 4.78. The number of aryl methyl sites for hydroxylation is 2. The van der Waals surface area contributed by atoms with Gasteiger partial charge in [-0.25, -0.2) is 0 Å². The monoisotopic (exact) mass is 377 g/mol. The van der Waals surface area contributed by atoms with Gasteiger partial charge in [0, 0.05) is 18.0 Å². The molecule has 0 amide bonds. The molecule has 2 heterocycles. The summed E-state index contributed by atoms with van der Waals surface area (Å²) in [6, 6.07) is 16.4. The van der Waals surface area contributed by atoms with E-state index in [1.54, 1.807) is 0 Å². The number of hydrogen-bond acceptors (Lipinski definition) is 5. The predicted octanol–water partition coefficient (Wildman–Crippen LogP) is 4.64. The third-order valence-corrected chi connectivity index (χ3v) is 5.25. The molecule has 0 radical (unpaired) electrons. The highest BCUT2D eigenvalue weighted by atomic mass is 16.5. The van der Waals surface area contributed by atoms with Crippen molar-refractivity contribution in [2.24, 2.45) is 5.92 Å². The summed E-state index contributed by atoms with van der Waals surface area (Å²) in [5.74, 6) is 2.80. The van der Waals surface area contributed by atoms with Crippen LogP contribution in [0.3, 0.4) is 0 Å². The molecular weight excluding hydrogens is 350 g/mol. The van der Waals surface area contributed by atoms with Crippen LogP contribution in [0.15, 0.2) is 53.1 Å². The SMILES string of the molecule is Cc1ccc(OCC2CCCN(Cc3nc(-c4ccc(C)cc4)no3)C2)cc1. The molecule has 0 saturated carbocycles. The number of piperidine rings is 1. The Balaban J connectivity index is 1.31. The van der Waals surface area contributed by atoms with Gasteiger partial charge in [-0.15, -0.1) is 0 Å². The Kier molecular flexibility index (Phi) is 5.72. The number of nitrogens with zero attached hydrogens (tertiary/aromatic N) is 3. The Hall–Kier alpha value is -2.66. The Morgan fingerprint density at radius 3 is 2.50 bits per heavy atom. The molecule has 2 aromatic carbocycles. The van der Waals surface area contributed by atoms with Gasteiger partial charge >= 0.3 is 0 Å². The fourth-order valence-electron chi connectivity index (χ4n) is 3.61. The van der Waals surface area contributed by atoms with Crippen LogP contribution in [-0.4, -0.2) is 34.7 Å². The van der Waals surface area contributed by atoms with Crippen molar-refractivity contribution in [3.05, 3.63) is 65.5 Å². The van der Waals surface area contributed by atoms with E-state index in [0.29, 0.717) is 24.2 Å². The highest BCUT2D eigenvalue weighted by molar-refractivity contribution is 5.54. The number of likely N-dealkylation sites (tertiary alicyclic amines) is 1. The number of benzene rings is 2. The number of rotatable bonds is 6. The van der Waals surface area contributed by atoms with Crippen LogP contribution in [-0.2, 0) is 6.54 Å². The van der Waals surface area contributed by atoms with Gasteiger partial charge in [0.25, 0.3) is 0 Å². The van der Waals surface area contributed by atoms with Gasteiger partial charge in [-0.05, 0) is 45.4 Å². The van der Waals surface area contributed by atoms with Crippen LogP contribution >= 0.6 is 0 Å². The number of aromatic nitrogens is 2. The molecule has 1 aliphatic rings. The molecule has 0 spiro atoms. The van der Waals surface area contributed by atoms with Crippen molar-refractivity contribution < 1.29 is 9.26 Å². The lowest BCUT2D eigenvalue weighted by Gasteiger charge is -2.31. The summed E-state index contributed by atoms with van der Waals surface area (Å²) in [6.07, 6.45) is 2.36. The third-order valence-electron chi connectivity index (χ3n) is 5.25. The normalized spacial score (nSPS) is 17.6. The molecule has 5 nitrogen and oxygen atoms in total. The first-order chi connectivity index (χ1) is 13.7. The molecule has 146 valence electrons. The van der Waals surface area contributed by atoms with Gasteiger partial charge in [-0.1, -0.05) is 52.7 Å². The van der Waals surface area contributed by atoms with Crippen molar-refractivity contribution >= 4 is 0 Å². The molecule has 28 heavy (non-hydrogen) atoms. The van der Waals surface area contributed by atoms with E-state index >= 15 is 0 Å². The molecule has 1 aliphatic heterocycles. The fourth-order valence-corrected chi connectivity index (χ4v) is 3.61. The van der Waals surface area contributed by atoms with E-state index in [-0.39, 0.29) is 0 Å². The lowest BCUT2D eigenvalue weighted by Crippen LogP contribution is -2.37. The summed E-state index contributed by atoms with van der Waals surface area (Å²) >= 11 is 0. The van der Waals surface area contributed by atoms with Gasteiger partial charge in [0.1, 0.15) is 5.75 Å². The minimum Gasteiger partial charge on any atom is -0.493 e. The summed E-state index contributed by atoms with van der Waals surface area (Å²) < 4.78 is 11.5. The Labute approximate surface area is 166 Å². The molecule has 5 heteroatoms. The molecule has 1 saturated heterocycles. The molecule has 1 unspecified atom stereocenters. The van der Waals surface area contributed by atoms with Crippen LogP contribution in [0.25, 0.3) is 11.4 Å². The first-order valence-corrected chi connectivity index (χ1v) is 9.97. The zero-order chi connectivity index (χ0) is 19.3. The first kappa shape index (κ1) is 18.7. The second-order valence-corrected chi connectivity index (χ2v) is 7.75. The van der Waals surface area contributed by atoms with Gasteiger partial charge in [0.15, 0.2) is 0 Å². The predicted molar refractivity (Wildman–Crippen MR) is 109 cm³/mol. The summed E-state index contributed by atoms with van der Waals surface area (Å²) in [7, 11) is 0. The smallest absolute Gasteiger partial charge is 0.241 e. The lowest BCUT2D eigenvalue weighted by molar-refractivity contribution is 0.115. The Bertz CT molecular complexity index is 887. The largest absolute Gasteiger partial charge is 0.493 e. The van der Waals surface area contributed by atoms with E-state index < -0.39 is 0 Å². The van der Waals surface area contributed by atoms with Gasteiger partial charge in [0.05, 0.1) is 13.2 Å². The maximum Gasteiger partial charge on any atom is 0.241 e. The van der Waals surface area contributed by atoms with Crippen molar-refractivity contribution in [1.82, 2.24) is 15.0 Å². The minimum atomic E-state index is 0.523. The van der Waals surface area contributed by atoms with Crippen LogP contribution in [0, 0.1) is 19.8 Å². The van der Waals surface area contributed by atoms with E-state index in [1.165, 1.54) is 24.0 Å². The molecule has 1 atom stereocenters. The molecule has 0 bridgehead atoms. The van der Waals surface area contributed by atoms with Crippen LogP contribution in [0.4, 0.5) is 0 Å². The van der Waals surface area contributed by atoms with E-state index in [2.05, 4.69) is 53.2 Å². The topological polar surface area (TPSA) is 51.4 Å². The first-order valence-electron chi connectivity index (χ1n) is 9.97. The van der Waals surface area contributed by atoms with Crippen molar-refractivity contribution in [2.75, 3.05) is 19.7 Å². The van der Waals surface area contributed by atoms with Gasteiger partial charge in [-0.2, -0.15) is 4.98 Å². The second kappa shape index (κ2) is 8.57. The molecule has 1 fully saturated rings. The molecule has 4 rings (SSSR count). The quantitative estimate of drug-likeness (QED) is 0.626. The number of hydrogen-bond donors (Lipinski definition) is 0. The van der Waals surface area contributed by atoms with E-state index in [1.807, 2.05) is 24.3 Å². The maximum atomic E-state index is 5.99. The summed E-state index contributed by atoms with van der Waals surface area (Å²) in [6.45, 7) is 7.65. The summed E-state index contributed by atoms with van der Waals surface area (Å²) in [5, 5.41) is 4.15. The highest BCUT2D eigenvalue weighted by Crippen LogP contribution is 2.22. The van der Waals surface area contributed by atoms with Crippen molar-refractivity contribution in [3.63, 3.8) is 0 Å². The van der Waals surface area contributed by atoms with Crippen molar-refractivity contribution in [2.45, 2.75) is 33.2 Å². The molecule has 0 aliphatic carbocycles. The fraction of sp³-hybridized carbons (Fsp3) is 0.391. The van der Waals surface area contributed by atoms with Crippen molar-refractivity contribution in [1.29, 1.82) is 0 Å². The summed E-state index contributed by atoms with van der Waals surface area (Å²) in [5.41, 5.74) is 3.46. The second-order valence-electron chi connectivity index (χ2n) is 7.75. The van der Waals surface area contributed by atoms with Crippen LogP contribution in [0.1, 0.15) is 29.9 Å². The molecule has 0 N–H and O–H groups in total. The average Bonchev–Trinajstić information content (AvgIpc) is 3.17. The van der Waals surface area contributed by atoms with Crippen LogP contribution in [0.2, 0.25) is 0 Å². The van der Waals surface area contributed by atoms with Crippen LogP contribution < -0.4 is 4.74 Å². The van der Waals surface area contributed by atoms with E-state index in [9.17, 15) is 0 Å². The number of ether oxygens (including phenoxy) is 1. The van der Waals surface area contributed by atoms with Gasteiger partial charge in [-0.3, -0.25) is 4.90 Å². The standard InChI is InChI=1S/C23H27N3O2/c1-17-5-9-20(10-6-17)23-24-22(28-25-23)15-26-13-3-4-19(14-26)16-27-21-11-7-18(2)8-12-21/h5-12,19H,3-4,13-16H2,1-2H3. The van der Waals surface area contributed by atoms with E-state index in [4.69, 9.17) is 9.26 Å². The lowest BCUT2D eigenvalue weighted by atomic mass is 9.99. The Morgan fingerprint density at radius 1 is 1.04 bits per heavy atom. The Morgan fingerprint density at radius 2 is 1.75 bits per heavy atom. The zero-order valence-electron chi connectivity index (χ0n) is 16.6. The molecule has 1 aromatic heterocycles. The van der Waals surface area contributed by atoms with E-state index in [0.717, 1.165) is 31.0 Å².